The Hall–Kier alpha value is -2.35. The molecule has 1 atom stereocenters. The van der Waals surface area contributed by atoms with E-state index in [1.807, 2.05) is 22.8 Å². The van der Waals surface area contributed by atoms with E-state index in [0.29, 0.717) is 49.8 Å². The number of carbonyl (C=O) groups is 1. The molecule has 2 aromatic rings. The normalized spacial score (nSPS) is 24.4. The van der Waals surface area contributed by atoms with Crippen LogP contribution in [0.15, 0.2) is 18.5 Å². The van der Waals surface area contributed by atoms with Crippen LogP contribution in [-0.4, -0.2) is 54.2 Å². The van der Waals surface area contributed by atoms with E-state index in [4.69, 9.17) is 4.74 Å². The number of ether oxygens (including phenoxy) is 1. The number of likely N-dealkylation sites (tertiary alicyclic amines) is 1. The number of piperidine rings is 1. The Morgan fingerprint density at radius 3 is 2.68 bits per heavy atom. The Morgan fingerprint density at radius 1 is 1.25 bits per heavy atom. The van der Waals surface area contributed by atoms with Crippen molar-refractivity contribution in [3.63, 3.8) is 0 Å². The molecule has 1 spiro atoms. The Bertz CT molecular complexity index is 874. The third kappa shape index (κ3) is 2.99. The van der Waals surface area contributed by atoms with Crippen molar-refractivity contribution in [2.75, 3.05) is 13.1 Å². The summed E-state index contributed by atoms with van der Waals surface area (Å²) in [6.45, 7) is 1.21. The summed E-state index contributed by atoms with van der Waals surface area (Å²) in [6, 6.07) is 2.17. The first-order valence-electron chi connectivity index (χ1n) is 10.3. The minimum absolute atomic E-state index is 0.0402. The number of nitrogens with zero attached hydrogens (tertiary/aromatic N) is 5. The molecule has 0 bridgehead atoms. The lowest BCUT2D eigenvalue weighted by Gasteiger charge is -2.44. The van der Waals surface area contributed by atoms with Gasteiger partial charge in [0.25, 0.3) is 5.91 Å². The van der Waals surface area contributed by atoms with E-state index in [1.165, 1.54) is 12.8 Å². The van der Waals surface area contributed by atoms with Gasteiger partial charge in [-0.3, -0.25) is 14.2 Å². The van der Waals surface area contributed by atoms with E-state index in [0.717, 1.165) is 18.6 Å². The van der Waals surface area contributed by atoms with Crippen LogP contribution in [0.3, 0.4) is 0 Å². The predicted octanol–water partition coefficient (Wildman–Crippen LogP) is 2.22. The molecular formula is C20H27N5O3. The molecule has 0 radical (unpaired) electrons. The first kappa shape index (κ1) is 17.7. The number of fused-ring (bicyclic) bond motifs is 1. The maximum Gasteiger partial charge on any atom is 0.274 e. The van der Waals surface area contributed by atoms with Crippen LogP contribution in [0.1, 0.15) is 73.3 Å². The first-order chi connectivity index (χ1) is 13.5. The van der Waals surface area contributed by atoms with Crippen molar-refractivity contribution in [2.24, 2.45) is 7.05 Å². The van der Waals surface area contributed by atoms with Gasteiger partial charge in [0, 0.05) is 45.6 Å². The molecule has 0 aromatic carbocycles. The third-order valence-corrected chi connectivity index (χ3v) is 6.53. The summed E-state index contributed by atoms with van der Waals surface area (Å²) in [5.74, 6) is 0.678. The zero-order chi connectivity index (χ0) is 19.3. The minimum atomic E-state index is -0.607. The summed E-state index contributed by atoms with van der Waals surface area (Å²) in [5, 5.41) is 19.6. The van der Waals surface area contributed by atoms with Crippen molar-refractivity contribution in [2.45, 2.75) is 62.7 Å². The summed E-state index contributed by atoms with van der Waals surface area (Å²) >= 11 is 0. The molecule has 28 heavy (non-hydrogen) atoms. The average molecular weight is 385 g/mol. The standard InChI is InChI=1S/C20H27N5O3/c1-23-9-6-15(21-23)19(27)24-10-7-20(8-11-24)12-16(26)18-17(28-20)13-25(22-18)14-4-2-3-5-14/h6,9,13-14,16,26H,2-5,7-8,10-12H2,1H3. The first-order valence-corrected chi connectivity index (χ1v) is 10.3. The van der Waals surface area contributed by atoms with Gasteiger partial charge >= 0.3 is 0 Å². The van der Waals surface area contributed by atoms with Crippen LogP contribution in [0.5, 0.6) is 5.75 Å². The molecule has 150 valence electrons. The van der Waals surface area contributed by atoms with Crippen LogP contribution in [0.2, 0.25) is 0 Å². The smallest absolute Gasteiger partial charge is 0.274 e. The maximum atomic E-state index is 12.6. The molecule has 8 heteroatoms. The van der Waals surface area contributed by atoms with Gasteiger partial charge in [-0.1, -0.05) is 12.8 Å². The SMILES string of the molecule is Cn1ccc(C(=O)N2CCC3(CC2)CC(O)c2nn(C4CCCC4)cc2O3)n1. The maximum absolute atomic E-state index is 12.6. The molecule has 1 N–H and O–H groups in total. The van der Waals surface area contributed by atoms with E-state index >= 15 is 0 Å². The fourth-order valence-corrected chi connectivity index (χ4v) is 4.89. The zero-order valence-electron chi connectivity index (χ0n) is 16.3. The molecule has 5 rings (SSSR count). The average Bonchev–Trinajstić information content (AvgIpc) is 3.41. The number of hydrogen-bond acceptors (Lipinski definition) is 5. The quantitative estimate of drug-likeness (QED) is 0.857. The molecule has 1 saturated heterocycles. The largest absolute Gasteiger partial charge is 0.483 e. The lowest BCUT2D eigenvalue weighted by molar-refractivity contribution is -0.0505. The number of aryl methyl sites for hydroxylation is 1. The highest BCUT2D eigenvalue weighted by Gasteiger charge is 2.45. The highest BCUT2D eigenvalue weighted by atomic mass is 16.5. The number of amides is 1. The van der Waals surface area contributed by atoms with Crippen LogP contribution >= 0.6 is 0 Å². The highest BCUT2D eigenvalue weighted by Crippen LogP contribution is 2.44. The third-order valence-electron chi connectivity index (χ3n) is 6.53. The van der Waals surface area contributed by atoms with E-state index in [9.17, 15) is 9.90 Å². The summed E-state index contributed by atoms with van der Waals surface area (Å²) in [5.41, 5.74) is 0.726. The Balaban J connectivity index is 1.29. The molecule has 1 saturated carbocycles. The minimum Gasteiger partial charge on any atom is -0.483 e. The second-order valence-corrected chi connectivity index (χ2v) is 8.47. The van der Waals surface area contributed by atoms with E-state index in [2.05, 4.69) is 10.2 Å². The summed E-state index contributed by atoms with van der Waals surface area (Å²) in [6.07, 6.45) is 9.86. The monoisotopic (exact) mass is 385 g/mol. The van der Waals surface area contributed by atoms with Gasteiger partial charge in [-0.2, -0.15) is 10.2 Å². The molecule has 1 unspecified atom stereocenters. The summed E-state index contributed by atoms with van der Waals surface area (Å²) in [4.78, 5) is 14.5. The van der Waals surface area contributed by atoms with E-state index in [-0.39, 0.29) is 5.91 Å². The van der Waals surface area contributed by atoms with E-state index in [1.54, 1.807) is 16.9 Å². The predicted molar refractivity (Wildman–Crippen MR) is 101 cm³/mol. The van der Waals surface area contributed by atoms with Gasteiger partial charge in [0.1, 0.15) is 23.1 Å². The summed E-state index contributed by atoms with van der Waals surface area (Å²) < 4.78 is 10.0. The molecule has 2 fully saturated rings. The van der Waals surface area contributed by atoms with Gasteiger partial charge in [0.2, 0.25) is 0 Å². The van der Waals surface area contributed by atoms with Gasteiger partial charge in [0.15, 0.2) is 5.75 Å². The number of hydrogen-bond donors (Lipinski definition) is 1. The molecule has 3 aliphatic rings. The molecule has 8 nitrogen and oxygen atoms in total. The van der Waals surface area contributed by atoms with Crippen LogP contribution in [0.25, 0.3) is 0 Å². The van der Waals surface area contributed by atoms with Crippen molar-refractivity contribution in [1.29, 1.82) is 0 Å². The van der Waals surface area contributed by atoms with Gasteiger partial charge < -0.3 is 14.7 Å². The van der Waals surface area contributed by atoms with Gasteiger partial charge in [0.05, 0.1) is 12.2 Å². The summed E-state index contributed by atoms with van der Waals surface area (Å²) in [7, 11) is 1.81. The van der Waals surface area contributed by atoms with Gasteiger partial charge in [-0.25, -0.2) is 0 Å². The van der Waals surface area contributed by atoms with Crippen molar-refractivity contribution in [1.82, 2.24) is 24.5 Å². The van der Waals surface area contributed by atoms with Crippen molar-refractivity contribution in [3.05, 3.63) is 29.8 Å². The number of aromatic nitrogens is 4. The number of aliphatic hydroxyl groups is 1. The number of aliphatic hydroxyl groups excluding tert-OH is 1. The lowest BCUT2D eigenvalue weighted by Crippen LogP contribution is -2.51. The Kier molecular flexibility index (Phi) is 4.19. The molecule has 2 aliphatic heterocycles. The van der Waals surface area contributed by atoms with Gasteiger partial charge in [-0.05, 0) is 18.9 Å². The van der Waals surface area contributed by atoms with Crippen LogP contribution in [0, 0.1) is 0 Å². The van der Waals surface area contributed by atoms with Crippen molar-refractivity contribution >= 4 is 5.91 Å². The molecule has 1 aliphatic carbocycles. The van der Waals surface area contributed by atoms with Crippen molar-refractivity contribution < 1.29 is 14.6 Å². The second kappa shape index (κ2) is 6.62. The second-order valence-electron chi connectivity index (χ2n) is 8.47. The van der Waals surface area contributed by atoms with E-state index < -0.39 is 11.7 Å². The van der Waals surface area contributed by atoms with Crippen LogP contribution < -0.4 is 4.74 Å². The Labute approximate surface area is 164 Å². The topological polar surface area (TPSA) is 85.4 Å². The van der Waals surface area contributed by atoms with Crippen molar-refractivity contribution in [3.8, 4) is 5.75 Å². The molecular weight excluding hydrogens is 358 g/mol. The Morgan fingerprint density at radius 2 is 2.00 bits per heavy atom. The number of carbonyl (C=O) groups excluding carboxylic acids is 1. The zero-order valence-corrected chi connectivity index (χ0v) is 16.3. The highest BCUT2D eigenvalue weighted by molar-refractivity contribution is 5.92. The molecule has 4 heterocycles. The lowest BCUT2D eigenvalue weighted by atomic mass is 9.83. The molecule has 2 aromatic heterocycles. The van der Waals surface area contributed by atoms with Crippen LogP contribution in [-0.2, 0) is 7.05 Å². The number of rotatable bonds is 2. The van der Waals surface area contributed by atoms with Gasteiger partial charge in [-0.15, -0.1) is 0 Å². The van der Waals surface area contributed by atoms with Crippen LogP contribution in [0.4, 0.5) is 0 Å². The fourth-order valence-electron chi connectivity index (χ4n) is 4.89. The fraction of sp³-hybridized carbons (Fsp3) is 0.650. The molecule has 1 amide bonds.